The molecule has 0 aliphatic carbocycles. The summed E-state index contributed by atoms with van der Waals surface area (Å²) in [6.07, 6.45) is 1.54. The Balaban J connectivity index is 1.61. The van der Waals surface area contributed by atoms with Crippen LogP contribution >= 0.6 is 0 Å². The molecule has 1 aliphatic heterocycles. The smallest absolute Gasteiger partial charge is 0.254 e. The van der Waals surface area contributed by atoms with Gasteiger partial charge in [0.2, 0.25) is 5.91 Å². The molecule has 1 saturated heterocycles. The van der Waals surface area contributed by atoms with E-state index in [9.17, 15) is 9.59 Å². The van der Waals surface area contributed by atoms with E-state index in [1.165, 1.54) is 0 Å². The van der Waals surface area contributed by atoms with Crippen molar-refractivity contribution in [2.45, 2.75) is 45.3 Å². The van der Waals surface area contributed by atoms with Gasteiger partial charge < -0.3 is 9.80 Å². The Hall–Kier alpha value is -3.40. The lowest BCUT2D eigenvalue weighted by Gasteiger charge is -2.35. The fourth-order valence-electron chi connectivity index (χ4n) is 4.42. The summed E-state index contributed by atoms with van der Waals surface area (Å²) in [5.74, 6) is -0.0453. The SMILES string of the molecule is Cc1ccc(C(=O)N2CCC[C@@H]2C(=O)N(Cc2ccccc2)[C@@H](C)c2ccccc2)cc1. The normalized spacial score (nSPS) is 16.6. The molecular weight excluding hydrogens is 396 g/mol. The van der Waals surface area contributed by atoms with Crippen LogP contribution in [0.3, 0.4) is 0 Å². The Morgan fingerprint density at radius 1 is 0.938 bits per heavy atom. The van der Waals surface area contributed by atoms with Gasteiger partial charge in [0.05, 0.1) is 6.04 Å². The lowest BCUT2D eigenvalue weighted by atomic mass is 10.0. The molecule has 0 radical (unpaired) electrons. The quantitative estimate of drug-likeness (QED) is 0.530. The Bertz CT molecular complexity index is 1050. The van der Waals surface area contributed by atoms with E-state index < -0.39 is 6.04 Å². The molecule has 0 unspecified atom stereocenters. The third-order valence-corrected chi connectivity index (χ3v) is 6.33. The van der Waals surface area contributed by atoms with Gasteiger partial charge >= 0.3 is 0 Å². The summed E-state index contributed by atoms with van der Waals surface area (Å²) >= 11 is 0. The van der Waals surface area contributed by atoms with Crippen molar-refractivity contribution < 1.29 is 9.59 Å². The fraction of sp³-hybridized carbons (Fsp3) is 0.286. The first kappa shape index (κ1) is 21.8. The summed E-state index contributed by atoms with van der Waals surface area (Å²) in [6.45, 7) is 5.20. The zero-order valence-electron chi connectivity index (χ0n) is 18.8. The van der Waals surface area contributed by atoms with Gasteiger partial charge in [0.1, 0.15) is 6.04 Å². The minimum Gasteiger partial charge on any atom is -0.330 e. The van der Waals surface area contributed by atoms with Gasteiger partial charge in [0, 0.05) is 18.7 Å². The van der Waals surface area contributed by atoms with Crippen molar-refractivity contribution >= 4 is 11.8 Å². The van der Waals surface area contributed by atoms with E-state index in [0.717, 1.165) is 23.1 Å². The van der Waals surface area contributed by atoms with E-state index in [1.54, 1.807) is 4.90 Å². The van der Waals surface area contributed by atoms with Crippen LogP contribution in [-0.2, 0) is 11.3 Å². The van der Waals surface area contributed by atoms with Gasteiger partial charge in [-0.3, -0.25) is 9.59 Å². The Kier molecular flexibility index (Phi) is 6.69. The summed E-state index contributed by atoms with van der Waals surface area (Å²) in [4.78, 5) is 30.8. The van der Waals surface area contributed by atoms with Gasteiger partial charge in [0.15, 0.2) is 0 Å². The lowest BCUT2D eigenvalue weighted by Crippen LogP contribution is -2.48. The number of carbonyl (C=O) groups is 2. The van der Waals surface area contributed by atoms with Gasteiger partial charge in [0.25, 0.3) is 5.91 Å². The third-order valence-electron chi connectivity index (χ3n) is 6.33. The van der Waals surface area contributed by atoms with Crippen molar-refractivity contribution in [3.8, 4) is 0 Å². The van der Waals surface area contributed by atoms with E-state index in [4.69, 9.17) is 0 Å². The zero-order chi connectivity index (χ0) is 22.5. The topological polar surface area (TPSA) is 40.6 Å². The molecule has 1 fully saturated rings. The number of hydrogen-bond donors (Lipinski definition) is 0. The molecular formula is C28H30N2O2. The second-order valence-corrected chi connectivity index (χ2v) is 8.56. The molecule has 4 rings (SSSR count). The Morgan fingerprint density at radius 2 is 1.56 bits per heavy atom. The molecule has 0 bridgehead atoms. The summed E-state index contributed by atoms with van der Waals surface area (Å²) in [5, 5.41) is 0. The minimum atomic E-state index is -0.432. The van der Waals surface area contributed by atoms with E-state index in [-0.39, 0.29) is 17.9 Å². The average molecular weight is 427 g/mol. The molecule has 4 heteroatoms. The van der Waals surface area contributed by atoms with Crippen molar-refractivity contribution in [2.24, 2.45) is 0 Å². The van der Waals surface area contributed by atoms with Crippen molar-refractivity contribution in [2.75, 3.05) is 6.54 Å². The molecule has 32 heavy (non-hydrogen) atoms. The summed E-state index contributed by atoms with van der Waals surface area (Å²) < 4.78 is 0. The zero-order valence-corrected chi connectivity index (χ0v) is 18.8. The highest BCUT2D eigenvalue weighted by atomic mass is 16.2. The highest BCUT2D eigenvalue weighted by Gasteiger charge is 2.38. The largest absolute Gasteiger partial charge is 0.330 e. The Labute approximate surface area is 190 Å². The molecule has 2 atom stereocenters. The van der Waals surface area contributed by atoms with Crippen molar-refractivity contribution in [3.63, 3.8) is 0 Å². The molecule has 4 nitrogen and oxygen atoms in total. The molecule has 164 valence electrons. The number of carbonyl (C=O) groups excluding carboxylic acids is 2. The predicted molar refractivity (Wildman–Crippen MR) is 127 cm³/mol. The lowest BCUT2D eigenvalue weighted by molar-refractivity contribution is -0.138. The highest BCUT2D eigenvalue weighted by Crippen LogP contribution is 2.28. The first-order valence-electron chi connectivity index (χ1n) is 11.3. The van der Waals surface area contributed by atoms with Gasteiger partial charge in [-0.05, 0) is 49.9 Å². The predicted octanol–water partition coefficient (Wildman–Crippen LogP) is 5.39. The minimum absolute atomic E-state index is 0.0168. The summed E-state index contributed by atoms with van der Waals surface area (Å²) in [5.41, 5.74) is 3.92. The van der Waals surface area contributed by atoms with Crippen molar-refractivity contribution in [3.05, 3.63) is 107 Å². The summed E-state index contributed by atoms with van der Waals surface area (Å²) in [7, 11) is 0. The number of rotatable bonds is 6. The number of amides is 2. The molecule has 3 aromatic rings. The van der Waals surface area contributed by atoms with Gasteiger partial charge in [-0.1, -0.05) is 78.4 Å². The average Bonchev–Trinajstić information content (AvgIpc) is 3.33. The fourth-order valence-corrected chi connectivity index (χ4v) is 4.42. The van der Waals surface area contributed by atoms with Crippen LogP contribution in [0.15, 0.2) is 84.9 Å². The van der Waals surface area contributed by atoms with Crippen LogP contribution in [0.25, 0.3) is 0 Å². The molecule has 1 heterocycles. The maximum atomic E-state index is 13.9. The second-order valence-electron chi connectivity index (χ2n) is 8.56. The standard InChI is InChI=1S/C28H30N2O2/c1-21-15-17-25(18-16-21)27(31)29-19-9-14-26(29)28(32)30(20-23-10-5-3-6-11-23)22(2)24-12-7-4-8-13-24/h3-8,10-13,15-18,22,26H,9,14,19-20H2,1-2H3/t22-,26+/m0/s1. The molecule has 0 aromatic heterocycles. The van der Waals surface area contributed by atoms with Gasteiger partial charge in [-0.15, -0.1) is 0 Å². The number of likely N-dealkylation sites (tertiary alicyclic amines) is 1. The highest BCUT2D eigenvalue weighted by molar-refractivity contribution is 5.98. The number of nitrogens with zero attached hydrogens (tertiary/aromatic N) is 2. The van der Waals surface area contributed by atoms with E-state index >= 15 is 0 Å². The molecule has 1 aliphatic rings. The monoisotopic (exact) mass is 426 g/mol. The van der Waals surface area contributed by atoms with Crippen LogP contribution in [0.4, 0.5) is 0 Å². The molecule has 2 amide bonds. The number of aryl methyl sites for hydroxylation is 1. The van der Waals surface area contributed by atoms with Gasteiger partial charge in [-0.25, -0.2) is 0 Å². The number of benzene rings is 3. The van der Waals surface area contributed by atoms with Crippen LogP contribution in [0.1, 0.15) is 52.9 Å². The Morgan fingerprint density at radius 3 is 2.22 bits per heavy atom. The van der Waals surface area contributed by atoms with Crippen LogP contribution in [0.2, 0.25) is 0 Å². The molecule has 0 saturated carbocycles. The van der Waals surface area contributed by atoms with Crippen molar-refractivity contribution in [1.29, 1.82) is 0 Å². The van der Waals surface area contributed by atoms with E-state index in [0.29, 0.717) is 25.1 Å². The third kappa shape index (κ3) is 4.75. The van der Waals surface area contributed by atoms with E-state index in [2.05, 4.69) is 19.1 Å². The summed E-state index contributed by atoms with van der Waals surface area (Å²) in [6, 6.07) is 27.2. The van der Waals surface area contributed by atoms with Crippen molar-refractivity contribution in [1.82, 2.24) is 9.80 Å². The first-order chi connectivity index (χ1) is 15.5. The maximum absolute atomic E-state index is 13.9. The second kappa shape index (κ2) is 9.82. The van der Waals surface area contributed by atoms with Crippen LogP contribution < -0.4 is 0 Å². The number of hydrogen-bond acceptors (Lipinski definition) is 2. The van der Waals surface area contributed by atoms with Crippen LogP contribution in [0.5, 0.6) is 0 Å². The molecule has 0 spiro atoms. The maximum Gasteiger partial charge on any atom is 0.254 e. The van der Waals surface area contributed by atoms with Crippen LogP contribution in [-0.4, -0.2) is 34.2 Å². The molecule has 0 N–H and O–H groups in total. The first-order valence-corrected chi connectivity index (χ1v) is 11.3. The van der Waals surface area contributed by atoms with E-state index in [1.807, 2.05) is 84.6 Å². The van der Waals surface area contributed by atoms with Gasteiger partial charge in [-0.2, -0.15) is 0 Å². The molecule has 3 aromatic carbocycles. The van der Waals surface area contributed by atoms with Crippen LogP contribution in [0, 0.1) is 6.92 Å².